The average Bonchev–Trinajstić information content (AvgIpc) is 3.31. The molecule has 0 radical (unpaired) electrons. The minimum Gasteiger partial charge on any atom is -0.504 e. The van der Waals surface area contributed by atoms with Crippen molar-refractivity contribution in [3.05, 3.63) is 53.5 Å². The summed E-state index contributed by atoms with van der Waals surface area (Å²) in [6.07, 6.45) is 1.20. The Hall–Kier alpha value is -3.02. The van der Waals surface area contributed by atoms with E-state index in [1.165, 1.54) is 12.1 Å². The first-order valence-electron chi connectivity index (χ1n) is 9.27. The van der Waals surface area contributed by atoms with Gasteiger partial charge >= 0.3 is 0 Å². The Bertz CT molecular complexity index is 1090. The molecule has 0 spiro atoms. The van der Waals surface area contributed by atoms with Gasteiger partial charge in [0.25, 0.3) is 0 Å². The van der Waals surface area contributed by atoms with Gasteiger partial charge in [0.15, 0.2) is 17.3 Å². The highest BCUT2D eigenvalue weighted by Crippen LogP contribution is 2.50. The second kappa shape index (κ2) is 5.99. The molecule has 1 aliphatic rings. The van der Waals surface area contributed by atoms with Gasteiger partial charge in [-0.3, -0.25) is 4.79 Å². The largest absolute Gasteiger partial charge is 0.504 e. The molecule has 146 valence electrons. The Balaban J connectivity index is 1.65. The standard InChI is InChI=1S/C22H23FN2O3/c1-21(2,3)18-11-13-14(24-18)5-6-15(19(13)23)25-20(28)22(8-9-22)12-4-7-16(26)17(27)10-12/h4-7,10-11,24,26-27H,8-9H2,1-3H3,(H,25,28). The molecule has 2 aromatic carbocycles. The number of aromatic amines is 1. The summed E-state index contributed by atoms with van der Waals surface area (Å²) in [7, 11) is 0. The number of hydrogen-bond acceptors (Lipinski definition) is 3. The summed E-state index contributed by atoms with van der Waals surface area (Å²) in [4.78, 5) is 16.1. The Labute approximate surface area is 162 Å². The van der Waals surface area contributed by atoms with Crippen LogP contribution >= 0.6 is 0 Å². The van der Waals surface area contributed by atoms with Crippen LogP contribution in [0.15, 0.2) is 36.4 Å². The number of aromatic nitrogens is 1. The fraction of sp³-hybridized carbons (Fsp3) is 0.318. The number of phenolic OH excluding ortho intramolecular Hbond substituents is 2. The second-order valence-corrected chi connectivity index (χ2v) is 8.56. The number of rotatable bonds is 3. The molecule has 3 aromatic rings. The van der Waals surface area contributed by atoms with Crippen LogP contribution < -0.4 is 5.32 Å². The lowest BCUT2D eigenvalue weighted by Gasteiger charge is -2.17. The molecule has 1 aliphatic carbocycles. The lowest BCUT2D eigenvalue weighted by molar-refractivity contribution is -0.118. The fourth-order valence-corrected chi connectivity index (χ4v) is 3.50. The molecular formula is C22H23FN2O3. The molecule has 1 saturated carbocycles. The van der Waals surface area contributed by atoms with Crippen LogP contribution in [0.3, 0.4) is 0 Å². The highest BCUT2D eigenvalue weighted by Gasteiger charge is 2.51. The van der Waals surface area contributed by atoms with E-state index in [1.807, 2.05) is 20.8 Å². The topological polar surface area (TPSA) is 85.3 Å². The average molecular weight is 382 g/mol. The van der Waals surface area contributed by atoms with Crippen molar-refractivity contribution in [1.29, 1.82) is 0 Å². The van der Waals surface area contributed by atoms with Gasteiger partial charge in [0, 0.05) is 22.0 Å². The Morgan fingerprint density at radius 3 is 2.43 bits per heavy atom. The number of nitrogens with one attached hydrogen (secondary N) is 2. The third kappa shape index (κ3) is 2.89. The minimum absolute atomic E-state index is 0.131. The summed E-state index contributed by atoms with van der Waals surface area (Å²) in [5.41, 5.74) is 1.40. The monoisotopic (exact) mass is 382 g/mol. The van der Waals surface area contributed by atoms with Crippen LogP contribution in [0, 0.1) is 5.82 Å². The maximum Gasteiger partial charge on any atom is 0.235 e. The zero-order valence-electron chi connectivity index (χ0n) is 16.1. The maximum atomic E-state index is 15.1. The molecule has 1 aromatic heterocycles. The van der Waals surface area contributed by atoms with Crippen LogP contribution in [0.4, 0.5) is 10.1 Å². The lowest BCUT2D eigenvalue weighted by Crippen LogP contribution is -2.28. The van der Waals surface area contributed by atoms with Gasteiger partial charge in [0.1, 0.15) is 0 Å². The number of amides is 1. The van der Waals surface area contributed by atoms with E-state index in [0.29, 0.717) is 29.3 Å². The summed E-state index contributed by atoms with van der Waals surface area (Å²) in [6, 6.07) is 9.47. The van der Waals surface area contributed by atoms with Crippen molar-refractivity contribution in [3.63, 3.8) is 0 Å². The predicted octanol–water partition coefficient (Wildman–Crippen LogP) is 4.69. The van der Waals surface area contributed by atoms with Gasteiger partial charge < -0.3 is 20.5 Å². The van der Waals surface area contributed by atoms with E-state index in [0.717, 1.165) is 5.69 Å². The number of fused-ring (bicyclic) bond motifs is 1. The van der Waals surface area contributed by atoms with Gasteiger partial charge in [-0.15, -0.1) is 0 Å². The first kappa shape index (κ1) is 18.3. The van der Waals surface area contributed by atoms with Crippen molar-refractivity contribution in [2.75, 3.05) is 5.32 Å². The maximum absolute atomic E-state index is 15.1. The predicted molar refractivity (Wildman–Crippen MR) is 106 cm³/mol. The molecule has 1 heterocycles. The van der Waals surface area contributed by atoms with Crippen LogP contribution in [-0.4, -0.2) is 21.1 Å². The Morgan fingerprint density at radius 1 is 1.11 bits per heavy atom. The van der Waals surface area contributed by atoms with E-state index in [1.54, 1.807) is 24.3 Å². The Kier molecular flexibility index (Phi) is 3.93. The fourth-order valence-electron chi connectivity index (χ4n) is 3.50. The van der Waals surface area contributed by atoms with Crippen molar-refractivity contribution in [2.24, 2.45) is 0 Å². The van der Waals surface area contributed by atoms with Gasteiger partial charge in [-0.05, 0) is 48.7 Å². The van der Waals surface area contributed by atoms with Crippen molar-refractivity contribution < 1.29 is 19.4 Å². The molecule has 5 nitrogen and oxygen atoms in total. The molecule has 1 amide bonds. The molecule has 4 N–H and O–H groups in total. The first-order chi connectivity index (χ1) is 13.1. The van der Waals surface area contributed by atoms with Crippen LogP contribution in [0.5, 0.6) is 11.5 Å². The summed E-state index contributed by atoms with van der Waals surface area (Å²) >= 11 is 0. The molecule has 4 rings (SSSR count). The normalized spacial score (nSPS) is 15.6. The number of phenols is 2. The zero-order chi connectivity index (χ0) is 20.3. The minimum atomic E-state index is -0.804. The van der Waals surface area contributed by atoms with Gasteiger partial charge in [-0.2, -0.15) is 0 Å². The molecule has 0 atom stereocenters. The van der Waals surface area contributed by atoms with Crippen LogP contribution in [0.2, 0.25) is 0 Å². The summed E-state index contributed by atoms with van der Waals surface area (Å²) in [5, 5.41) is 22.4. The number of halogens is 1. The highest BCUT2D eigenvalue weighted by atomic mass is 19.1. The zero-order valence-corrected chi connectivity index (χ0v) is 16.1. The van der Waals surface area contributed by atoms with Crippen LogP contribution in [-0.2, 0) is 15.6 Å². The SMILES string of the molecule is CC(C)(C)c1cc2c(F)c(NC(=O)C3(c4ccc(O)c(O)c4)CC3)ccc2[nH]1. The number of carbonyl (C=O) groups is 1. The highest BCUT2D eigenvalue weighted by molar-refractivity contribution is 6.02. The van der Waals surface area contributed by atoms with E-state index in [-0.39, 0.29) is 28.5 Å². The van der Waals surface area contributed by atoms with Crippen LogP contribution in [0.25, 0.3) is 10.9 Å². The molecule has 28 heavy (non-hydrogen) atoms. The Morgan fingerprint density at radius 2 is 1.82 bits per heavy atom. The molecule has 6 heteroatoms. The number of anilines is 1. The molecule has 0 aliphatic heterocycles. The quantitative estimate of drug-likeness (QED) is 0.496. The van der Waals surface area contributed by atoms with Gasteiger partial charge in [0.2, 0.25) is 5.91 Å². The van der Waals surface area contributed by atoms with Crippen molar-refractivity contribution >= 4 is 22.5 Å². The van der Waals surface area contributed by atoms with E-state index in [9.17, 15) is 15.0 Å². The van der Waals surface area contributed by atoms with E-state index < -0.39 is 11.2 Å². The van der Waals surface area contributed by atoms with E-state index in [4.69, 9.17) is 0 Å². The number of hydrogen-bond donors (Lipinski definition) is 4. The molecule has 0 unspecified atom stereocenters. The summed E-state index contributed by atoms with van der Waals surface area (Å²) in [6.45, 7) is 6.13. The van der Waals surface area contributed by atoms with Crippen molar-refractivity contribution in [1.82, 2.24) is 4.98 Å². The van der Waals surface area contributed by atoms with E-state index >= 15 is 4.39 Å². The number of benzene rings is 2. The lowest BCUT2D eigenvalue weighted by atomic mass is 9.92. The number of H-pyrrole nitrogens is 1. The van der Waals surface area contributed by atoms with Crippen molar-refractivity contribution in [3.8, 4) is 11.5 Å². The smallest absolute Gasteiger partial charge is 0.235 e. The van der Waals surface area contributed by atoms with Crippen molar-refractivity contribution in [2.45, 2.75) is 44.4 Å². The molecule has 0 saturated heterocycles. The van der Waals surface area contributed by atoms with Gasteiger partial charge in [0.05, 0.1) is 11.1 Å². The van der Waals surface area contributed by atoms with Gasteiger partial charge in [-0.1, -0.05) is 26.8 Å². The summed E-state index contributed by atoms with van der Waals surface area (Å²) < 4.78 is 15.1. The third-order valence-corrected chi connectivity index (χ3v) is 5.51. The molecule has 0 bridgehead atoms. The van der Waals surface area contributed by atoms with Gasteiger partial charge in [-0.25, -0.2) is 4.39 Å². The van der Waals surface area contributed by atoms with Crippen LogP contribution in [0.1, 0.15) is 44.9 Å². The third-order valence-electron chi connectivity index (χ3n) is 5.51. The number of carbonyl (C=O) groups excluding carboxylic acids is 1. The second-order valence-electron chi connectivity index (χ2n) is 8.56. The van der Waals surface area contributed by atoms with E-state index in [2.05, 4.69) is 10.3 Å². The number of aromatic hydroxyl groups is 2. The summed E-state index contributed by atoms with van der Waals surface area (Å²) in [5.74, 6) is -1.30. The molecule has 1 fully saturated rings. The first-order valence-corrected chi connectivity index (χ1v) is 9.27. The molecular weight excluding hydrogens is 359 g/mol.